The van der Waals surface area contributed by atoms with Crippen LogP contribution in [0.5, 0.6) is 0 Å². The van der Waals surface area contributed by atoms with E-state index in [9.17, 15) is 8.42 Å². The lowest BCUT2D eigenvalue weighted by Crippen LogP contribution is -2.13. The van der Waals surface area contributed by atoms with Crippen molar-refractivity contribution in [3.63, 3.8) is 0 Å². The molecule has 2 rings (SSSR count). The van der Waals surface area contributed by atoms with Crippen LogP contribution in [0, 0.1) is 12.0 Å². The minimum atomic E-state index is -3.83. The van der Waals surface area contributed by atoms with Crippen LogP contribution in [0.3, 0.4) is 0 Å². The van der Waals surface area contributed by atoms with E-state index in [0.29, 0.717) is 12.2 Å². The molecule has 1 heterocycles. The Bertz CT molecular complexity index is 833. The third-order valence-corrected chi connectivity index (χ3v) is 4.88. The molecule has 0 radical (unpaired) electrons. The summed E-state index contributed by atoms with van der Waals surface area (Å²) in [7, 11) is -3.83. The maximum absolute atomic E-state index is 12.6. The zero-order chi connectivity index (χ0) is 15.5. The molecule has 1 unspecified atom stereocenters. The van der Waals surface area contributed by atoms with Gasteiger partial charge in [-0.1, -0.05) is 25.1 Å². The average Bonchev–Trinajstić information content (AvgIpc) is 2.48. The van der Waals surface area contributed by atoms with Crippen LogP contribution < -0.4 is 5.55 Å². The Morgan fingerprint density at radius 1 is 1.29 bits per heavy atom. The Balaban J connectivity index is 2.58. The van der Waals surface area contributed by atoms with Gasteiger partial charge in [0.2, 0.25) is 5.55 Å². The van der Waals surface area contributed by atoms with Crippen LogP contribution in [0.4, 0.5) is 0 Å². The molecule has 5 nitrogen and oxygen atoms in total. The molecule has 0 bridgehead atoms. The molecule has 0 aliphatic carbocycles. The lowest BCUT2D eigenvalue weighted by Gasteiger charge is -2.08. The molecule has 0 fully saturated rings. The molecule has 21 heavy (non-hydrogen) atoms. The SMILES string of the molecule is [C-]#[N+]C(c1cc(CC)oc(=N)c1)S(=O)(=O)c1ccccc1. The van der Waals surface area contributed by atoms with Crippen LogP contribution in [-0.2, 0) is 16.3 Å². The smallest absolute Gasteiger partial charge is 0.350 e. The number of sulfone groups is 1. The number of rotatable bonds is 4. The Hall–Kier alpha value is -2.39. The second-order valence-electron chi connectivity index (χ2n) is 4.41. The van der Waals surface area contributed by atoms with Crippen molar-refractivity contribution in [2.45, 2.75) is 23.6 Å². The molecular weight excluding hydrogens is 288 g/mol. The average molecular weight is 302 g/mol. The molecule has 1 N–H and O–H groups in total. The molecule has 2 aromatic rings. The zero-order valence-electron chi connectivity index (χ0n) is 11.4. The van der Waals surface area contributed by atoms with Crippen LogP contribution in [0.1, 0.15) is 23.6 Å². The summed E-state index contributed by atoms with van der Waals surface area (Å²) in [5, 5.41) is 6.22. The second kappa shape index (κ2) is 5.94. The third-order valence-electron chi connectivity index (χ3n) is 2.98. The number of benzene rings is 1. The first-order valence-electron chi connectivity index (χ1n) is 6.33. The molecule has 1 aromatic carbocycles. The van der Waals surface area contributed by atoms with E-state index in [1.54, 1.807) is 18.2 Å². The highest BCUT2D eigenvalue weighted by Gasteiger charge is 2.34. The van der Waals surface area contributed by atoms with Gasteiger partial charge in [-0.3, -0.25) is 10.3 Å². The van der Waals surface area contributed by atoms with E-state index >= 15 is 0 Å². The highest BCUT2D eigenvalue weighted by atomic mass is 32.2. The predicted octanol–water partition coefficient (Wildman–Crippen LogP) is 2.71. The number of hydrogen-bond acceptors (Lipinski definition) is 4. The quantitative estimate of drug-likeness (QED) is 0.882. The molecule has 0 amide bonds. The summed E-state index contributed by atoms with van der Waals surface area (Å²) >= 11 is 0. The van der Waals surface area contributed by atoms with Gasteiger partial charge in [-0.25, -0.2) is 15.0 Å². The van der Waals surface area contributed by atoms with Gasteiger partial charge in [0, 0.05) is 12.5 Å². The number of hydrogen-bond donors (Lipinski definition) is 1. The lowest BCUT2D eigenvalue weighted by molar-refractivity contribution is 0.442. The van der Waals surface area contributed by atoms with Gasteiger partial charge in [0.25, 0.3) is 9.84 Å². The van der Waals surface area contributed by atoms with Gasteiger partial charge in [0.15, 0.2) is 0 Å². The van der Waals surface area contributed by atoms with Crippen molar-refractivity contribution in [1.82, 2.24) is 0 Å². The third kappa shape index (κ3) is 3.03. The fourth-order valence-electron chi connectivity index (χ4n) is 1.96. The van der Waals surface area contributed by atoms with Gasteiger partial charge < -0.3 is 4.42 Å². The van der Waals surface area contributed by atoms with E-state index in [4.69, 9.17) is 16.4 Å². The van der Waals surface area contributed by atoms with Gasteiger partial charge in [-0.15, -0.1) is 0 Å². The Morgan fingerprint density at radius 2 is 1.95 bits per heavy atom. The summed E-state index contributed by atoms with van der Waals surface area (Å²) in [5.41, 5.74) is 0.114. The van der Waals surface area contributed by atoms with Crippen LogP contribution >= 0.6 is 0 Å². The molecule has 1 aromatic heterocycles. The molecule has 6 heteroatoms. The highest BCUT2D eigenvalue weighted by molar-refractivity contribution is 7.91. The summed E-state index contributed by atoms with van der Waals surface area (Å²) in [6.45, 7) is 9.09. The van der Waals surface area contributed by atoms with Crippen LogP contribution in [0.15, 0.2) is 51.8 Å². The topological polar surface area (TPSA) is 75.5 Å². The number of aryl methyl sites for hydroxylation is 1. The van der Waals surface area contributed by atoms with Crippen molar-refractivity contribution in [2.24, 2.45) is 0 Å². The van der Waals surface area contributed by atoms with Gasteiger partial charge >= 0.3 is 5.37 Å². The van der Waals surface area contributed by atoms with Crippen LogP contribution in [-0.4, -0.2) is 8.42 Å². The molecule has 0 aliphatic rings. The molecule has 0 aliphatic heterocycles. The summed E-state index contributed by atoms with van der Waals surface area (Å²) < 4.78 is 30.3. The normalized spacial score (nSPS) is 12.6. The first-order valence-corrected chi connectivity index (χ1v) is 7.87. The molecule has 1 atom stereocenters. The van der Waals surface area contributed by atoms with Crippen molar-refractivity contribution in [3.05, 3.63) is 70.8 Å². The van der Waals surface area contributed by atoms with Crippen LogP contribution in [0.25, 0.3) is 4.85 Å². The van der Waals surface area contributed by atoms with Crippen molar-refractivity contribution < 1.29 is 12.8 Å². The molecule has 0 saturated carbocycles. The monoisotopic (exact) mass is 302 g/mol. The van der Waals surface area contributed by atoms with Gasteiger partial charge in [-0.2, -0.15) is 0 Å². The van der Waals surface area contributed by atoms with Gasteiger partial charge in [0.1, 0.15) is 5.76 Å². The molecule has 108 valence electrons. The largest absolute Gasteiger partial charge is 0.444 e. The summed E-state index contributed by atoms with van der Waals surface area (Å²) in [6, 6.07) is 10.7. The summed E-state index contributed by atoms with van der Waals surface area (Å²) in [4.78, 5) is 3.35. The fraction of sp³-hybridized carbons (Fsp3) is 0.200. The molecule has 0 spiro atoms. The van der Waals surface area contributed by atoms with E-state index in [-0.39, 0.29) is 16.0 Å². The van der Waals surface area contributed by atoms with E-state index in [2.05, 4.69) is 4.85 Å². The summed E-state index contributed by atoms with van der Waals surface area (Å²) in [5.74, 6) is 0.481. The molecular formula is C15H14N2O3S. The van der Waals surface area contributed by atoms with Crippen molar-refractivity contribution in [1.29, 1.82) is 5.41 Å². The maximum Gasteiger partial charge on any atom is 0.350 e. The van der Waals surface area contributed by atoms with Crippen molar-refractivity contribution in [3.8, 4) is 0 Å². The van der Waals surface area contributed by atoms with Gasteiger partial charge in [0.05, 0.1) is 10.5 Å². The highest BCUT2D eigenvalue weighted by Crippen LogP contribution is 2.29. The summed E-state index contributed by atoms with van der Waals surface area (Å²) in [6.07, 6.45) is 0.524. The minimum absolute atomic E-state index is 0.0939. The minimum Gasteiger partial charge on any atom is -0.444 e. The molecule has 0 saturated heterocycles. The van der Waals surface area contributed by atoms with E-state index in [1.807, 2.05) is 6.92 Å². The predicted molar refractivity (Wildman–Crippen MR) is 76.9 cm³/mol. The van der Waals surface area contributed by atoms with E-state index in [0.717, 1.165) is 0 Å². The Labute approximate surface area is 123 Å². The second-order valence-corrected chi connectivity index (χ2v) is 6.42. The Kier molecular flexibility index (Phi) is 4.24. The maximum atomic E-state index is 12.6. The lowest BCUT2D eigenvalue weighted by atomic mass is 10.2. The van der Waals surface area contributed by atoms with E-state index < -0.39 is 15.2 Å². The van der Waals surface area contributed by atoms with Crippen molar-refractivity contribution in [2.75, 3.05) is 0 Å². The first kappa shape index (κ1) is 15.0. The van der Waals surface area contributed by atoms with Gasteiger partial charge in [-0.05, 0) is 18.2 Å². The fourth-order valence-corrected chi connectivity index (χ4v) is 3.39. The number of nitrogens with zero attached hydrogens (tertiary/aromatic N) is 1. The van der Waals surface area contributed by atoms with Crippen LogP contribution in [0.2, 0.25) is 0 Å². The Morgan fingerprint density at radius 3 is 2.52 bits per heavy atom. The first-order chi connectivity index (χ1) is 9.98. The zero-order valence-corrected chi connectivity index (χ0v) is 12.2. The number of nitrogens with one attached hydrogen (secondary N) is 1. The standard InChI is InChI=1S/C15H14N2O3S/c1-3-12-9-11(10-14(16)20-12)15(17-2)21(18,19)13-7-5-4-6-8-13/h4-10,15-16H,3H2,1H3. The van der Waals surface area contributed by atoms with E-state index in [1.165, 1.54) is 24.3 Å². The van der Waals surface area contributed by atoms with Crippen molar-refractivity contribution >= 4 is 9.84 Å².